The van der Waals surface area contributed by atoms with Gasteiger partial charge in [0.05, 0.1) is 5.92 Å². The van der Waals surface area contributed by atoms with Gasteiger partial charge in [-0.15, -0.1) is 0 Å². The van der Waals surface area contributed by atoms with Crippen molar-refractivity contribution in [3.05, 3.63) is 53.6 Å². The first-order valence-corrected chi connectivity index (χ1v) is 8.00. The van der Waals surface area contributed by atoms with E-state index >= 15 is 0 Å². The van der Waals surface area contributed by atoms with Gasteiger partial charge in [0.15, 0.2) is 0 Å². The molecule has 3 N–H and O–H groups in total. The van der Waals surface area contributed by atoms with Crippen molar-refractivity contribution < 1.29 is 4.79 Å². The van der Waals surface area contributed by atoms with Crippen molar-refractivity contribution in [3.8, 4) is 11.1 Å². The Morgan fingerprint density at radius 1 is 1.05 bits per heavy atom. The highest BCUT2D eigenvalue weighted by Crippen LogP contribution is 2.37. The molecule has 0 aromatic heterocycles. The van der Waals surface area contributed by atoms with Crippen molar-refractivity contribution in [1.29, 1.82) is 0 Å². The number of fused-ring (bicyclic) bond motifs is 3. The van der Waals surface area contributed by atoms with Gasteiger partial charge >= 0.3 is 0 Å². The van der Waals surface area contributed by atoms with Crippen LogP contribution in [0.1, 0.15) is 30.4 Å². The molecule has 0 radical (unpaired) electrons. The normalized spacial score (nSPS) is 22.2. The smallest absolute Gasteiger partial charge is 0.229 e. The predicted octanol–water partition coefficient (Wildman–Crippen LogP) is 3.32. The fraction of sp³-hybridized carbons (Fsp3) is 0.316. The summed E-state index contributed by atoms with van der Waals surface area (Å²) in [7, 11) is 0. The minimum atomic E-state index is -0.0366. The van der Waals surface area contributed by atoms with Crippen molar-refractivity contribution in [3.63, 3.8) is 0 Å². The topological polar surface area (TPSA) is 55.1 Å². The van der Waals surface area contributed by atoms with Crippen LogP contribution < -0.4 is 11.1 Å². The summed E-state index contributed by atoms with van der Waals surface area (Å²) < 4.78 is 0. The number of hydrogen-bond acceptors (Lipinski definition) is 2. The minimum absolute atomic E-state index is 0.0127. The first-order chi connectivity index (χ1) is 10.7. The summed E-state index contributed by atoms with van der Waals surface area (Å²) in [6, 6.07) is 14.7. The number of hydrogen-bond donors (Lipinski definition) is 2. The number of anilines is 1. The number of benzene rings is 2. The third-order valence-corrected chi connectivity index (χ3v) is 4.97. The molecule has 2 unspecified atom stereocenters. The van der Waals surface area contributed by atoms with Crippen LogP contribution in [-0.2, 0) is 11.2 Å². The van der Waals surface area contributed by atoms with E-state index in [4.69, 9.17) is 5.73 Å². The summed E-state index contributed by atoms with van der Waals surface area (Å²) in [4.78, 5) is 12.4. The molecule has 0 aliphatic heterocycles. The highest BCUT2D eigenvalue weighted by atomic mass is 16.1. The van der Waals surface area contributed by atoms with Crippen LogP contribution in [0.4, 0.5) is 5.69 Å². The molecule has 2 aliphatic rings. The van der Waals surface area contributed by atoms with E-state index in [9.17, 15) is 4.79 Å². The first kappa shape index (κ1) is 13.5. The molecule has 0 bridgehead atoms. The van der Waals surface area contributed by atoms with Crippen LogP contribution in [-0.4, -0.2) is 11.9 Å². The Hall–Kier alpha value is -2.13. The summed E-state index contributed by atoms with van der Waals surface area (Å²) in [6.45, 7) is 0. The summed E-state index contributed by atoms with van der Waals surface area (Å²) in [6.07, 6.45) is 3.86. The van der Waals surface area contributed by atoms with Crippen LogP contribution in [0.2, 0.25) is 0 Å². The van der Waals surface area contributed by atoms with Gasteiger partial charge in [0.1, 0.15) is 0 Å². The third kappa shape index (κ3) is 2.22. The van der Waals surface area contributed by atoms with Gasteiger partial charge in [0.2, 0.25) is 5.91 Å². The van der Waals surface area contributed by atoms with Gasteiger partial charge in [-0.25, -0.2) is 0 Å². The van der Waals surface area contributed by atoms with E-state index in [-0.39, 0.29) is 17.9 Å². The van der Waals surface area contributed by atoms with E-state index in [0.29, 0.717) is 0 Å². The fourth-order valence-electron chi connectivity index (χ4n) is 3.77. The summed E-state index contributed by atoms with van der Waals surface area (Å²) in [5, 5.41) is 3.05. The third-order valence-electron chi connectivity index (χ3n) is 4.97. The zero-order chi connectivity index (χ0) is 15.1. The number of nitrogens with two attached hydrogens (primary N) is 1. The molecule has 2 aromatic rings. The first-order valence-electron chi connectivity index (χ1n) is 8.00. The number of carbonyl (C=O) groups is 1. The number of nitrogens with one attached hydrogen (secondary N) is 1. The largest absolute Gasteiger partial charge is 0.327 e. The molecular weight excluding hydrogens is 272 g/mol. The van der Waals surface area contributed by atoms with E-state index in [0.717, 1.165) is 31.4 Å². The Kier molecular flexibility index (Phi) is 3.23. The second kappa shape index (κ2) is 5.25. The zero-order valence-electron chi connectivity index (χ0n) is 12.5. The molecule has 1 fully saturated rings. The van der Waals surface area contributed by atoms with Gasteiger partial charge < -0.3 is 11.1 Å². The average molecular weight is 292 g/mol. The lowest BCUT2D eigenvalue weighted by Gasteiger charge is -2.15. The molecule has 2 atom stereocenters. The number of carbonyl (C=O) groups excluding carboxylic acids is 1. The number of amides is 1. The lowest BCUT2D eigenvalue weighted by molar-refractivity contribution is -0.120. The molecule has 0 heterocycles. The monoisotopic (exact) mass is 292 g/mol. The van der Waals surface area contributed by atoms with Crippen LogP contribution in [0.5, 0.6) is 0 Å². The predicted molar refractivity (Wildman–Crippen MR) is 88.6 cm³/mol. The molecule has 1 saturated carbocycles. The van der Waals surface area contributed by atoms with Crippen molar-refractivity contribution in [2.75, 3.05) is 5.32 Å². The lowest BCUT2D eigenvalue weighted by atomic mass is 10.0. The van der Waals surface area contributed by atoms with Gasteiger partial charge in [-0.1, -0.05) is 36.8 Å². The van der Waals surface area contributed by atoms with Crippen LogP contribution >= 0.6 is 0 Å². The Bertz CT molecular complexity index is 738. The van der Waals surface area contributed by atoms with E-state index < -0.39 is 0 Å². The van der Waals surface area contributed by atoms with Crippen LogP contribution in [0.25, 0.3) is 11.1 Å². The summed E-state index contributed by atoms with van der Waals surface area (Å²) >= 11 is 0. The molecule has 3 nitrogen and oxygen atoms in total. The van der Waals surface area contributed by atoms with Gasteiger partial charge in [-0.05, 0) is 53.6 Å². The van der Waals surface area contributed by atoms with E-state index in [1.54, 1.807) is 0 Å². The average Bonchev–Trinajstić information content (AvgIpc) is 3.10. The zero-order valence-corrected chi connectivity index (χ0v) is 12.5. The molecule has 0 saturated heterocycles. The highest BCUT2D eigenvalue weighted by Gasteiger charge is 2.30. The van der Waals surface area contributed by atoms with Gasteiger partial charge in [-0.2, -0.15) is 0 Å². The van der Waals surface area contributed by atoms with Gasteiger partial charge in [0, 0.05) is 11.7 Å². The highest BCUT2D eigenvalue weighted by molar-refractivity contribution is 5.94. The Labute approximate surface area is 130 Å². The van der Waals surface area contributed by atoms with Crippen molar-refractivity contribution in [2.24, 2.45) is 11.7 Å². The van der Waals surface area contributed by atoms with Gasteiger partial charge in [0.25, 0.3) is 0 Å². The number of rotatable bonds is 2. The Morgan fingerprint density at radius 3 is 2.68 bits per heavy atom. The SMILES string of the molecule is NC1CCCC1C(=O)Nc1ccc2c(c1)Cc1ccccc1-2. The second-order valence-corrected chi connectivity index (χ2v) is 6.40. The standard InChI is InChI=1S/C19H20N2O/c20-18-7-3-6-17(18)19(22)21-14-8-9-16-13(11-14)10-12-4-1-2-5-15(12)16/h1-2,4-5,8-9,11,17-18H,3,6-7,10,20H2,(H,21,22). The van der Waals surface area contributed by atoms with Crippen molar-refractivity contribution in [1.82, 2.24) is 0 Å². The maximum atomic E-state index is 12.4. The molecular formula is C19H20N2O. The molecule has 1 amide bonds. The summed E-state index contributed by atoms with van der Waals surface area (Å²) in [5.41, 5.74) is 12.1. The van der Waals surface area contributed by atoms with E-state index in [2.05, 4.69) is 41.7 Å². The fourth-order valence-corrected chi connectivity index (χ4v) is 3.77. The van der Waals surface area contributed by atoms with Crippen molar-refractivity contribution >= 4 is 11.6 Å². The molecule has 22 heavy (non-hydrogen) atoms. The molecule has 4 rings (SSSR count). The van der Waals surface area contributed by atoms with Crippen molar-refractivity contribution in [2.45, 2.75) is 31.7 Å². The molecule has 2 aromatic carbocycles. The molecule has 0 spiro atoms. The van der Waals surface area contributed by atoms with Crippen LogP contribution in [0.3, 0.4) is 0 Å². The van der Waals surface area contributed by atoms with Gasteiger partial charge in [-0.3, -0.25) is 4.79 Å². The summed E-state index contributed by atoms with van der Waals surface area (Å²) in [5.74, 6) is 0.0333. The maximum absolute atomic E-state index is 12.4. The Morgan fingerprint density at radius 2 is 1.86 bits per heavy atom. The molecule has 2 aliphatic carbocycles. The lowest BCUT2D eigenvalue weighted by Crippen LogP contribution is -2.34. The van der Waals surface area contributed by atoms with Crippen LogP contribution in [0, 0.1) is 5.92 Å². The molecule has 112 valence electrons. The maximum Gasteiger partial charge on any atom is 0.229 e. The van der Waals surface area contributed by atoms with E-state index in [1.807, 2.05) is 6.07 Å². The minimum Gasteiger partial charge on any atom is -0.327 e. The van der Waals surface area contributed by atoms with E-state index in [1.165, 1.54) is 22.3 Å². The van der Waals surface area contributed by atoms with Crippen LogP contribution in [0.15, 0.2) is 42.5 Å². The molecule has 3 heteroatoms. The Balaban J connectivity index is 1.56. The second-order valence-electron chi connectivity index (χ2n) is 6.40. The quantitative estimate of drug-likeness (QED) is 0.761.